The maximum atomic E-state index is 3.51. The first-order chi connectivity index (χ1) is 7.75. The van der Waals surface area contributed by atoms with Crippen LogP contribution in [0, 0.1) is 12.8 Å². The molecule has 1 fully saturated rings. The Morgan fingerprint density at radius 1 is 1.38 bits per heavy atom. The van der Waals surface area contributed by atoms with E-state index in [0.717, 1.165) is 11.2 Å². The molecule has 1 N–H and O–H groups in total. The summed E-state index contributed by atoms with van der Waals surface area (Å²) < 4.78 is 0. The molecule has 16 heavy (non-hydrogen) atoms. The van der Waals surface area contributed by atoms with Crippen LogP contribution >= 0.6 is 11.8 Å². The summed E-state index contributed by atoms with van der Waals surface area (Å²) in [7, 11) is 0. The van der Waals surface area contributed by atoms with E-state index in [4.69, 9.17) is 0 Å². The van der Waals surface area contributed by atoms with Gasteiger partial charge < -0.3 is 5.32 Å². The van der Waals surface area contributed by atoms with Crippen molar-refractivity contribution in [2.24, 2.45) is 5.92 Å². The van der Waals surface area contributed by atoms with E-state index in [1.54, 1.807) is 0 Å². The number of aryl methyl sites for hydroxylation is 1. The zero-order valence-corrected chi connectivity index (χ0v) is 11.0. The second-order valence-corrected chi connectivity index (χ2v) is 6.11. The lowest BCUT2D eigenvalue weighted by atomic mass is 10.1. The van der Waals surface area contributed by atoms with Crippen LogP contribution in [0.4, 0.5) is 0 Å². The Morgan fingerprint density at radius 2 is 2.25 bits per heavy atom. The monoisotopic (exact) mass is 235 g/mol. The molecule has 88 valence electrons. The molecule has 1 heterocycles. The Morgan fingerprint density at radius 3 is 3.06 bits per heavy atom. The summed E-state index contributed by atoms with van der Waals surface area (Å²) in [5.74, 6) is 0.771. The highest BCUT2D eigenvalue weighted by atomic mass is 32.2. The molecule has 1 aliphatic rings. The van der Waals surface area contributed by atoms with Gasteiger partial charge in [0.25, 0.3) is 0 Å². The average molecular weight is 235 g/mol. The zero-order chi connectivity index (χ0) is 11.4. The molecular formula is C14H21NS. The molecule has 0 spiro atoms. The van der Waals surface area contributed by atoms with E-state index < -0.39 is 0 Å². The van der Waals surface area contributed by atoms with Gasteiger partial charge in [0.15, 0.2) is 0 Å². The van der Waals surface area contributed by atoms with Crippen LogP contribution < -0.4 is 5.32 Å². The molecule has 0 bridgehead atoms. The van der Waals surface area contributed by atoms with Gasteiger partial charge in [-0.3, -0.25) is 0 Å². The Balaban J connectivity index is 2.02. The third-order valence-electron chi connectivity index (χ3n) is 3.22. The normalized spacial score (nSPS) is 26.4. The van der Waals surface area contributed by atoms with Crippen LogP contribution in [0.2, 0.25) is 0 Å². The van der Waals surface area contributed by atoms with Crippen molar-refractivity contribution in [2.75, 3.05) is 13.1 Å². The van der Waals surface area contributed by atoms with Crippen molar-refractivity contribution in [1.82, 2.24) is 5.32 Å². The summed E-state index contributed by atoms with van der Waals surface area (Å²) in [4.78, 5) is 1.43. The number of benzene rings is 1. The number of rotatable bonds is 2. The van der Waals surface area contributed by atoms with Gasteiger partial charge in [-0.1, -0.05) is 24.6 Å². The number of hydrogen-bond acceptors (Lipinski definition) is 2. The first-order valence-electron chi connectivity index (χ1n) is 6.20. The van der Waals surface area contributed by atoms with Crippen LogP contribution in [-0.4, -0.2) is 18.3 Å². The molecule has 1 aromatic carbocycles. The van der Waals surface area contributed by atoms with Gasteiger partial charge in [0.1, 0.15) is 0 Å². The molecule has 0 radical (unpaired) electrons. The molecule has 1 nitrogen and oxygen atoms in total. The van der Waals surface area contributed by atoms with Gasteiger partial charge in [-0.2, -0.15) is 0 Å². The van der Waals surface area contributed by atoms with Crippen molar-refractivity contribution in [3.05, 3.63) is 29.8 Å². The largest absolute Gasteiger partial charge is 0.316 e. The molecule has 0 aromatic heterocycles. The lowest BCUT2D eigenvalue weighted by Gasteiger charge is -2.20. The molecule has 1 saturated heterocycles. The third-order valence-corrected chi connectivity index (χ3v) is 4.75. The van der Waals surface area contributed by atoms with Crippen molar-refractivity contribution in [1.29, 1.82) is 0 Å². The van der Waals surface area contributed by atoms with Gasteiger partial charge in [0.2, 0.25) is 0 Å². The SMILES string of the molecule is Cc1cccc(SC2CCCNCC2C)c1. The molecule has 0 saturated carbocycles. The molecule has 0 aliphatic carbocycles. The first kappa shape index (κ1) is 12.0. The number of hydrogen-bond donors (Lipinski definition) is 1. The fraction of sp³-hybridized carbons (Fsp3) is 0.571. The van der Waals surface area contributed by atoms with Gasteiger partial charge in [0.05, 0.1) is 0 Å². The maximum absolute atomic E-state index is 3.51. The van der Waals surface area contributed by atoms with Crippen molar-refractivity contribution >= 4 is 11.8 Å². The van der Waals surface area contributed by atoms with Crippen LogP contribution in [-0.2, 0) is 0 Å². The van der Waals surface area contributed by atoms with Gasteiger partial charge in [-0.05, 0) is 50.9 Å². The highest BCUT2D eigenvalue weighted by molar-refractivity contribution is 8.00. The first-order valence-corrected chi connectivity index (χ1v) is 7.08. The summed E-state index contributed by atoms with van der Waals surface area (Å²) in [6.07, 6.45) is 2.65. The quantitative estimate of drug-likeness (QED) is 0.842. The van der Waals surface area contributed by atoms with Crippen molar-refractivity contribution < 1.29 is 0 Å². The van der Waals surface area contributed by atoms with Crippen LogP contribution in [0.3, 0.4) is 0 Å². The lowest BCUT2D eigenvalue weighted by Crippen LogP contribution is -2.23. The Bertz CT molecular complexity index is 337. The molecule has 1 aliphatic heterocycles. The minimum atomic E-state index is 0.771. The summed E-state index contributed by atoms with van der Waals surface area (Å²) in [5, 5.41) is 4.29. The van der Waals surface area contributed by atoms with E-state index in [-0.39, 0.29) is 0 Å². The predicted octanol–water partition coefficient (Wildman–Crippen LogP) is 3.48. The van der Waals surface area contributed by atoms with E-state index >= 15 is 0 Å². The van der Waals surface area contributed by atoms with E-state index in [0.29, 0.717) is 0 Å². The minimum Gasteiger partial charge on any atom is -0.316 e. The van der Waals surface area contributed by atoms with Gasteiger partial charge in [-0.15, -0.1) is 11.8 Å². The van der Waals surface area contributed by atoms with Crippen molar-refractivity contribution in [3.8, 4) is 0 Å². The molecule has 1 aromatic rings. The summed E-state index contributed by atoms with van der Waals surface area (Å²) in [5.41, 5.74) is 1.37. The molecule has 2 heteroatoms. The summed E-state index contributed by atoms with van der Waals surface area (Å²) in [6, 6.07) is 8.87. The van der Waals surface area contributed by atoms with E-state index in [1.807, 2.05) is 0 Å². The topological polar surface area (TPSA) is 12.0 Å². The molecule has 2 rings (SSSR count). The minimum absolute atomic E-state index is 0.771. The van der Waals surface area contributed by atoms with Crippen LogP contribution in [0.5, 0.6) is 0 Å². The standard InChI is InChI=1S/C14H21NS/c1-11-5-3-6-13(9-11)16-14-7-4-8-15-10-12(14)2/h3,5-6,9,12,14-15H,4,7-8,10H2,1-2H3. The molecular weight excluding hydrogens is 214 g/mol. The number of nitrogens with one attached hydrogen (secondary N) is 1. The van der Waals surface area contributed by atoms with E-state index in [9.17, 15) is 0 Å². The zero-order valence-electron chi connectivity index (χ0n) is 10.2. The van der Waals surface area contributed by atoms with E-state index in [2.05, 4.69) is 55.2 Å². The Kier molecular flexibility index (Phi) is 4.30. The van der Waals surface area contributed by atoms with Gasteiger partial charge in [0, 0.05) is 10.1 Å². The lowest BCUT2D eigenvalue weighted by molar-refractivity contribution is 0.538. The molecule has 2 unspecified atom stereocenters. The fourth-order valence-electron chi connectivity index (χ4n) is 2.21. The molecule has 2 atom stereocenters. The van der Waals surface area contributed by atoms with E-state index in [1.165, 1.54) is 36.4 Å². The summed E-state index contributed by atoms with van der Waals surface area (Å²) in [6.45, 7) is 6.90. The van der Waals surface area contributed by atoms with Gasteiger partial charge in [-0.25, -0.2) is 0 Å². The second-order valence-electron chi connectivity index (χ2n) is 4.80. The molecule has 0 amide bonds. The smallest absolute Gasteiger partial charge is 0.0133 e. The average Bonchev–Trinajstić information content (AvgIpc) is 2.45. The van der Waals surface area contributed by atoms with Crippen molar-refractivity contribution in [3.63, 3.8) is 0 Å². The third kappa shape index (κ3) is 3.26. The van der Waals surface area contributed by atoms with Crippen LogP contribution in [0.15, 0.2) is 29.2 Å². The Hall–Kier alpha value is -0.470. The number of thioether (sulfide) groups is 1. The fourth-order valence-corrected chi connectivity index (χ4v) is 3.59. The van der Waals surface area contributed by atoms with Crippen LogP contribution in [0.25, 0.3) is 0 Å². The Labute approximate surface area is 103 Å². The van der Waals surface area contributed by atoms with Crippen molar-refractivity contribution in [2.45, 2.75) is 36.8 Å². The summed E-state index contributed by atoms with van der Waals surface area (Å²) >= 11 is 2.06. The second kappa shape index (κ2) is 5.74. The maximum Gasteiger partial charge on any atom is 0.0133 e. The highest BCUT2D eigenvalue weighted by Crippen LogP contribution is 2.32. The predicted molar refractivity (Wildman–Crippen MR) is 72.1 cm³/mol. The van der Waals surface area contributed by atoms with Gasteiger partial charge >= 0.3 is 0 Å². The van der Waals surface area contributed by atoms with Crippen LogP contribution in [0.1, 0.15) is 25.3 Å². The highest BCUT2D eigenvalue weighted by Gasteiger charge is 2.20.